The van der Waals surface area contributed by atoms with Gasteiger partial charge in [0, 0.05) is 50.9 Å². The van der Waals surface area contributed by atoms with Crippen molar-refractivity contribution in [3.05, 3.63) is 54.0 Å². The zero-order valence-corrected chi connectivity index (χ0v) is 17.7. The number of piperidine rings is 1. The topological polar surface area (TPSA) is 54.3 Å². The van der Waals surface area contributed by atoms with Crippen molar-refractivity contribution in [2.45, 2.75) is 38.6 Å². The van der Waals surface area contributed by atoms with Crippen LogP contribution in [0.3, 0.4) is 0 Å². The molecule has 3 heterocycles. The quantitative estimate of drug-likeness (QED) is 0.672. The van der Waals surface area contributed by atoms with E-state index in [1.54, 1.807) is 6.20 Å². The molecule has 29 heavy (non-hydrogen) atoms. The first-order chi connectivity index (χ1) is 14.0. The second kappa shape index (κ2) is 7.85. The van der Waals surface area contributed by atoms with Crippen LogP contribution in [0.15, 0.2) is 42.6 Å². The Morgan fingerprint density at radius 2 is 2.00 bits per heavy atom. The average molecular weight is 392 g/mol. The van der Waals surface area contributed by atoms with E-state index in [-0.39, 0.29) is 11.8 Å². The van der Waals surface area contributed by atoms with E-state index in [2.05, 4.69) is 41.6 Å². The van der Waals surface area contributed by atoms with Crippen LogP contribution in [-0.4, -0.2) is 52.5 Å². The van der Waals surface area contributed by atoms with Crippen LogP contribution in [0.5, 0.6) is 0 Å². The van der Waals surface area contributed by atoms with E-state index in [1.165, 1.54) is 5.52 Å². The maximum atomic E-state index is 13.2. The molecule has 0 saturated carbocycles. The van der Waals surface area contributed by atoms with Crippen molar-refractivity contribution in [3.8, 4) is 0 Å². The minimum absolute atomic E-state index is 0.0763. The number of hydrogen-bond donors (Lipinski definition) is 0. The van der Waals surface area contributed by atoms with Crippen molar-refractivity contribution in [1.82, 2.24) is 19.4 Å². The predicted octanol–water partition coefficient (Wildman–Crippen LogP) is 4.10. The first-order valence-corrected chi connectivity index (χ1v) is 10.3. The van der Waals surface area contributed by atoms with Gasteiger partial charge in [-0.3, -0.25) is 4.79 Å². The number of para-hydroxylation sites is 2. The van der Waals surface area contributed by atoms with Crippen LogP contribution in [0.2, 0.25) is 0 Å². The molecule has 0 radical (unpaired) electrons. The molecule has 1 atom stereocenters. The van der Waals surface area contributed by atoms with Gasteiger partial charge in [-0.05, 0) is 51.0 Å². The third-order valence-corrected chi connectivity index (χ3v) is 5.66. The van der Waals surface area contributed by atoms with Crippen LogP contribution < -0.4 is 4.90 Å². The first kappa shape index (κ1) is 19.4. The molecule has 1 amide bonds. The van der Waals surface area contributed by atoms with Gasteiger partial charge in [-0.25, -0.2) is 9.97 Å². The molecule has 3 aromatic rings. The van der Waals surface area contributed by atoms with E-state index in [4.69, 9.17) is 4.98 Å². The van der Waals surface area contributed by atoms with Crippen molar-refractivity contribution < 1.29 is 4.79 Å². The van der Waals surface area contributed by atoms with Crippen LogP contribution >= 0.6 is 0 Å². The number of anilines is 1. The van der Waals surface area contributed by atoms with Crippen molar-refractivity contribution in [2.75, 3.05) is 32.1 Å². The Balaban J connectivity index is 1.62. The van der Waals surface area contributed by atoms with Crippen LogP contribution in [0.1, 0.15) is 54.8 Å². The fourth-order valence-electron chi connectivity index (χ4n) is 4.24. The number of nitrogens with zero attached hydrogens (tertiary/aromatic N) is 5. The molecule has 1 aliphatic rings. The summed E-state index contributed by atoms with van der Waals surface area (Å²) in [6.45, 7) is 5.89. The number of hydrogen-bond acceptors (Lipinski definition) is 4. The second-order valence-corrected chi connectivity index (χ2v) is 8.31. The average Bonchev–Trinajstić information content (AvgIpc) is 3.13. The van der Waals surface area contributed by atoms with E-state index in [0.717, 1.165) is 36.5 Å². The summed E-state index contributed by atoms with van der Waals surface area (Å²) >= 11 is 0. The monoisotopic (exact) mass is 391 g/mol. The molecule has 1 aliphatic heterocycles. The minimum atomic E-state index is 0.0763. The summed E-state index contributed by atoms with van der Waals surface area (Å²) in [5, 5.41) is 0. The SMILES string of the molecule is CC(C)n1c([C@@H]2CCCN(C(=O)c3ccnc(N(C)C)c3)C2)nc2ccccc21. The van der Waals surface area contributed by atoms with Crippen molar-refractivity contribution in [3.63, 3.8) is 0 Å². The van der Waals surface area contributed by atoms with Gasteiger partial charge in [-0.15, -0.1) is 0 Å². The number of imidazole rings is 1. The molecular weight excluding hydrogens is 362 g/mol. The highest BCUT2D eigenvalue weighted by Gasteiger charge is 2.29. The third-order valence-electron chi connectivity index (χ3n) is 5.66. The van der Waals surface area contributed by atoms with Crippen LogP contribution in [0.4, 0.5) is 5.82 Å². The Kier molecular flexibility index (Phi) is 5.26. The van der Waals surface area contributed by atoms with Gasteiger partial charge in [-0.1, -0.05) is 12.1 Å². The molecule has 152 valence electrons. The number of pyridine rings is 1. The summed E-state index contributed by atoms with van der Waals surface area (Å²) in [5.41, 5.74) is 2.90. The maximum absolute atomic E-state index is 13.2. The van der Waals surface area contributed by atoms with E-state index >= 15 is 0 Å². The number of likely N-dealkylation sites (tertiary alicyclic amines) is 1. The number of fused-ring (bicyclic) bond motifs is 1. The molecule has 6 nitrogen and oxygen atoms in total. The van der Waals surface area contributed by atoms with Gasteiger partial charge in [0.2, 0.25) is 0 Å². The molecule has 0 aliphatic carbocycles. The van der Waals surface area contributed by atoms with Crippen molar-refractivity contribution >= 4 is 22.8 Å². The lowest BCUT2D eigenvalue weighted by Gasteiger charge is -2.33. The molecule has 0 bridgehead atoms. The molecule has 0 spiro atoms. The molecule has 1 aromatic carbocycles. The highest BCUT2D eigenvalue weighted by Crippen LogP contribution is 2.32. The van der Waals surface area contributed by atoms with E-state index in [0.29, 0.717) is 18.2 Å². The highest BCUT2D eigenvalue weighted by molar-refractivity contribution is 5.95. The number of amides is 1. The van der Waals surface area contributed by atoms with Gasteiger partial charge in [0.25, 0.3) is 5.91 Å². The fourth-order valence-corrected chi connectivity index (χ4v) is 4.24. The second-order valence-electron chi connectivity index (χ2n) is 8.31. The Morgan fingerprint density at radius 1 is 1.21 bits per heavy atom. The van der Waals surface area contributed by atoms with Gasteiger partial charge < -0.3 is 14.4 Å². The Hall–Kier alpha value is -2.89. The molecule has 0 unspecified atom stereocenters. The van der Waals surface area contributed by atoms with E-state index in [1.807, 2.05) is 42.1 Å². The Bertz CT molecular complexity index is 1020. The van der Waals surface area contributed by atoms with Gasteiger partial charge in [0.15, 0.2) is 0 Å². The van der Waals surface area contributed by atoms with Gasteiger partial charge in [-0.2, -0.15) is 0 Å². The number of carbonyl (C=O) groups is 1. The number of carbonyl (C=O) groups excluding carboxylic acids is 1. The number of aromatic nitrogens is 3. The molecule has 6 heteroatoms. The molecule has 0 N–H and O–H groups in total. The molecule has 2 aromatic heterocycles. The maximum Gasteiger partial charge on any atom is 0.254 e. The lowest BCUT2D eigenvalue weighted by Crippen LogP contribution is -2.40. The number of rotatable bonds is 4. The summed E-state index contributed by atoms with van der Waals surface area (Å²) in [4.78, 5) is 26.4. The summed E-state index contributed by atoms with van der Waals surface area (Å²) < 4.78 is 2.34. The van der Waals surface area contributed by atoms with E-state index in [9.17, 15) is 4.79 Å². The largest absolute Gasteiger partial charge is 0.363 e. The third kappa shape index (κ3) is 3.71. The zero-order valence-electron chi connectivity index (χ0n) is 17.7. The van der Waals surface area contributed by atoms with Gasteiger partial charge in [0.05, 0.1) is 11.0 Å². The lowest BCUT2D eigenvalue weighted by molar-refractivity contribution is 0.0703. The van der Waals surface area contributed by atoms with Crippen LogP contribution in [-0.2, 0) is 0 Å². The number of benzene rings is 1. The standard InChI is InChI=1S/C23H29N5O/c1-16(2)28-20-10-6-5-9-19(20)25-22(28)18-8-7-13-27(15-18)23(29)17-11-12-24-21(14-17)26(3)4/h5-6,9-12,14,16,18H,7-8,13,15H2,1-4H3/t18-/m1/s1. The molecular formula is C23H29N5O. The highest BCUT2D eigenvalue weighted by atomic mass is 16.2. The zero-order chi connectivity index (χ0) is 20.5. The smallest absolute Gasteiger partial charge is 0.254 e. The molecule has 4 rings (SSSR count). The van der Waals surface area contributed by atoms with Crippen molar-refractivity contribution in [2.24, 2.45) is 0 Å². The van der Waals surface area contributed by atoms with Crippen molar-refractivity contribution in [1.29, 1.82) is 0 Å². The van der Waals surface area contributed by atoms with Crippen LogP contribution in [0.25, 0.3) is 11.0 Å². The molecule has 1 saturated heterocycles. The summed E-state index contributed by atoms with van der Waals surface area (Å²) in [6.07, 6.45) is 3.75. The minimum Gasteiger partial charge on any atom is -0.363 e. The first-order valence-electron chi connectivity index (χ1n) is 10.3. The summed E-state index contributed by atoms with van der Waals surface area (Å²) in [6, 6.07) is 12.3. The normalized spacial score (nSPS) is 17.1. The summed E-state index contributed by atoms with van der Waals surface area (Å²) in [7, 11) is 3.87. The van der Waals surface area contributed by atoms with Gasteiger partial charge >= 0.3 is 0 Å². The lowest BCUT2D eigenvalue weighted by atomic mass is 9.96. The Morgan fingerprint density at radius 3 is 2.76 bits per heavy atom. The van der Waals surface area contributed by atoms with Gasteiger partial charge in [0.1, 0.15) is 11.6 Å². The predicted molar refractivity (Wildman–Crippen MR) is 117 cm³/mol. The fraction of sp³-hybridized carbons (Fsp3) is 0.435. The Labute approximate surface area is 172 Å². The van der Waals surface area contributed by atoms with E-state index < -0.39 is 0 Å². The summed E-state index contributed by atoms with van der Waals surface area (Å²) in [5.74, 6) is 2.22. The molecule has 1 fully saturated rings. The van der Waals surface area contributed by atoms with Crippen LogP contribution in [0, 0.1) is 0 Å².